The second-order valence-electron chi connectivity index (χ2n) is 3.95. The number of carbonyl (C=O) groups is 1. The second kappa shape index (κ2) is 6.58. The molecule has 1 rings (SSSR count). The third-order valence-corrected chi connectivity index (χ3v) is 2.42. The van der Waals surface area contributed by atoms with Gasteiger partial charge in [-0.1, -0.05) is 5.57 Å². The van der Waals surface area contributed by atoms with Gasteiger partial charge < -0.3 is 15.2 Å². The van der Waals surface area contributed by atoms with Gasteiger partial charge in [-0.15, -0.1) is 0 Å². The van der Waals surface area contributed by atoms with E-state index >= 15 is 0 Å². The van der Waals surface area contributed by atoms with Crippen LogP contribution >= 0.6 is 0 Å². The number of ether oxygens (including phenoxy) is 1. The Morgan fingerprint density at radius 2 is 2.40 bits per heavy atom. The molecule has 1 saturated heterocycles. The number of nitrogens with one attached hydrogen (secondary N) is 1. The van der Waals surface area contributed by atoms with Gasteiger partial charge in [-0.25, -0.2) is 4.79 Å². The first-order valence-electron chi connectivity index (χ1n) is 5.41. The molecule has 0 aromatic heterocycles. The van der Waals surface area contributed by atoms with Crippen molar-refractivity contribution in [2.24, 2.45) is 0 Å². The molecule has 1 fully saturated rings. The fourth-order valence-electron chi connectivity index (χ4n) is 1.66. The highest BCUT2D eigenvalue weighted by Crippen LogP contribution is 2.11. The molecule has 1 atom stereocenters. The molecule has 2 N–H and O–H groups in total. The fraction of sp³-hybridized carbons (Fsp3) is 0.727. The fourth-order valence-corrected chi connectivity index (χ4v) is 1.66. The first-order valence-corrected chi connectivity index (χ1v) is 5.41. The molecule has 0 spiro atoms. The lowest BCUT2D eigenvalue weighted by molar-refractivity contribution is -0.131. The lowest BCUT2D eigenvalue weighted by Crippen LogP contribution is -2.32. The van der Waals surface area contributed by atoms with Crippen molar-refractivity contribution in [2.45, 2.75) is 32.3 Å². The number of hydrogen-bond acceptors (Lipinski definition) is 3. The summed E-state index contributed by atoms with van der Waals surface area (Å²) < 4.78 is 5.54. The van der Waals surface area contributed by atoms with Crippen LogP contribution in [0.2, 0.25) is 0 Å². The number of carboxylic acids is 1. The highest BCUT2D eigenvalue weighted by Gasteiger charge is 2.12. The van der Waals surface area contributed by atoms with Crippen LogP contribution in [0, 0.1) is 0 Å². The van der Waals surface area contributed by atoms with Crippen molar-refractivity contribution in [1.82, 2.24) is 5.32 Å². The van der Waals surface area contributed by atoms with E-state index in [4.69, 9.17) is 9.84 Å². The van der Waals surface area contributed by atoms with E-state index in [9.17, 15) is 4.79 Å². The molecule has 1 heterocycles. The van der Waals surface area contributed by atoms with Gasteiger partial charge in [0, 0.05) is 25.8 Å². The van der Waals surface area contributed by atoms with E-state index in [2.05, 4.69) is 5.32 Å². The SMILES string of the molecule is CC(=CC(=O)O)CNCC1CCCCO1. The van der Waals surface area contributed by atoms with Gasteiger partial charge in [0.2, 0.25) is 0 Å². The van der Waals surface area contributed by atoms with E-state index in [1.54, 1.807) is 0 Å². The maximum absolute atomic E-state index is 10.3. The van der Waals surface area contributed by atoms with Crippen molar-refractivity contribution in [3.63, 3.8) is 0 Å². The van der Waals surface area contributed by atoms with Crippen LogP contribution < -0.4 is 5.32 Å². The van der Waals surface area contributed by atoms with Crippen LogP contribution in [0.4, 0.5) is 0 Å². The van der Waals surface area contributed by atoms with Crippen molar-refractivity contribution >= 4 is 5.97 Å². The predicted molar refractivity (Wildman–Crippen MR) is 57.9 cm³/mol. The molecule has 0 radical (unpaired) electrons. The van der Waals surface area contributed by atoms with Gasteiger partial charge in [0.1, 0.15) is 0 Å². The lowest BCUT2D eigenvalue weighted by atomic mass is 10.1. The topological polar surface area (TPSA) is 58.6 Å². The van der Waals surface area contributed by atoms with E-state index in [-0.39, 0.29) is 0 Å². The largest absolute Gasteiger partial charge is 0.478 e. The van der Waals surface area contributed by atoms with Gasteiger partial charge in [-0.2, -0.15) is 0 Å². The molecule has 15 heavy (non-hydrogen) atoms. The number of hydrogen-bond donors (Lipinski definition) is 2. The Bertz CT molecular complexity index is 232. The summed E-state index contributed by atoms with van der Waals surface area (Å²) in [5.41, 5.74) is 0.832. The molecule has 0 aromatic carbocycles. The van der Waals surface area contributed by atoms with Crippen LogP contribution in [0.5, 0.6) is 0 Å². The molecule has 1 aliphatic heterocycles. The molecule has 0 amide bonds. The van der Waals surface area contributed by atoms with Crippen molar-refractivity contribution in [3.05, 3.63) is 11.6 Å². The Hall–Kier alpha value is -0.870. The molecule has 4 heteroatoms. The summed E-state index contributed by atoms with van der Waals surface area (Å²) in [6.07, 6.45) is 5.03. The lowest BCUT2D eigenvalue weighted by Gasteiger charge is -2.22. The standard InChI is InChI=1S/C11H19NO3/c1-9(6-11(13)14)7-12-8-10-4-2-3-5-15-10/h6,10,12H,2-5,7-8H2,1H3,(H,13,14). The van der Waals surface area contributed by atoms with Crippen LogP contribution in [-0.2, 0) is 9.53 Å². The average Bonchev–Trinajstić information content (AvgIpc) is 2.18. The molecular formula is C11H19NO3. The Morgan fingerprint density at radius 1 is 1.60 bits per heavy atom. The molecule has 0 aromatic rings. The van der Waals surface area contributed by atoms with Crippen LogP contribution in [0.15, 0.2) is 11.6 Å². The van der Waals surface area contributed by atoms with E-state index in [1.807, 2.05) is 6.92 Å². The number of carboxylic acid groups (broad SMARTS) is 1. The third kappa shape index (κ3) is 5.54. The maximum Gasteiger partial charge on any atom is 0.328 e. The minimum Gasteiger partial charge on any atom is -0.478 e. The van der Waals surface area contributed by atoms with E-state index in [1.165, 1.54) is 12.5 Å². The minimum atomic E-state index is -0.886. The zero-order chi connectivity index (χ0) is 11.1. The predicted octanol–water partition coefficient (Wildman–Crippen LogP) is 1.18. The van der Waals surface area contributed by atoms with E-state index in [0.717, 1.165) is 31.6 Å². The summed E-state index contributed by atoms with van der Waals surface area (Å²) in [6, 6.07) is 0. The van der Waals surface area contributed by atoms with Crippen molar-refractivity contribution in [3.8, 4) is 0 Å². The van der Waals surface area contributed by atoms with Crippen LogP contribution in [0.25, 0.3) is 0 Å². The second-order valence-corrected chi connectivity index (χ2v) is 3.95. The molecule has 0 aliphatic carbocycles. The van der Waals surface area contributed by atoms with E-state index in [0.29, 0.717) is 12.6 Å². The molecular weight excluding hydrogens is 194 g/mol. The Labute approximate surface area is 90.3 Å². The van der Waals surface area contributed by atoms with Gasteiger partial charge in [0.15, 0.2) is 0 Å². The Kier molecular flexibility index (Phi) is 5.36. The maximum atomic E-state index is 10.3. The number of rotatable bonds is 5. The first-order chi connectivity index (χ1) is 7.18. The van der Waals surface area contributed by atoms with Gasteiger partial charge in [0.25, 0.3) is 0 Å². The Balaban J connectivity index is 2.12. The molecule has 1 aliphatic rings. The average molecular weight is 213 g/mol. The van der Waals surface area contributed by atoms with Crippen molar-refractivity contribution < 1.29 is 14.6 Å². The van der Waals surface area contributed by atoms with Crippen LogP contribution in [0.3, 0.4) is 0 Å². The molecule has 4 nitrogen and oxygen atoms in total. The summed E-state index contributed by atoms with van der Waals surface area (Å²) in [5.74, 6) is -0.886. The highest BCUT2D eigenvalue weighted by molar-refractivity contribution is 5.80. The summed E-state index contributed by atoms with van der Waals surface area (Å²) in [5, 5.41) is 11.7. The summed E-state index contributed by atoms with van der Waals surface area (Å²) in [7, 11) is 0. The third-order valence-electron chi connectivity index (χ3n) is 2.42. The van der Waals surface area contributed by atoms with Gasteiger partial charge in [-0.05, 0) is 26.2 Å². The molecule has 1 unspecified atom stereocenters. The Morgan fingerprint density at radius 3 is 3.00 bits per heavy atom. The molecule has 0 bridgehead atoms. The molecule has 0 saturated carbocycles. The quantitative estimate of drug-likeness (QED) is 0.673. The minimum absolute atomic E-state index is 0.302. The van der Waals surface area contributed by atoms with Crippen molar-refractivity contribution in [1.29, 1.82) is 0 Å². The molecule has 86 valence electrons. The van der Waals surface area contributed by atoms with Crippen LogP contribution in [-0.4, -0.2) is 36.9 Å². The van der Waals surface area contributed by atoms with E-state index < -0.39 is 5.97 Å². The monoisotopic (exact) mass is 213 g/mol. The summed E-state index contributed by atoms with van der Waals surface area (Å²) >= 11 is 0. The normalized spacial score (nSPS) is 22.7. The summed E-state index contributed by atoms with van der Waals surface area (Å²) in [4.78, 5) is 10.3. The van der Waals surface area contributed by atoms with Gasteiger partial charge >= 0.3 is 5.97 Å². The van der Waals surface area contributed by atoms with Gasteiger partial charge in [-0.3, -0.25) is 0 Å². The van der Waals surface area contributed by atoms with Crippen LogP contribution in [0.1, 0.15) is 26.2 Å². The summed E-state index contributed by atoms with van der Waals surface area (Å²) in [6.45, 7) is 4.09. The first kappa shape index (κ1) is 12.2. The smallest absolute Gasteiger partial charge is 0.328 e. The number of aliphatic carboxylic acids is 1. The zero-order valence-electron chi connectivity index (χ0n) is 9.16. The zero-order valence-corrected chi connectivity index (χ0v) is 9.16. The van der Waals surface area contributed by atoms with Crippen molar-refractivity contribution in [2.75, 3.05) is 19.7 Å². The highest BCUT2D eigenvalue weighted by atomic mass is 16.5. The van der Waals surface area contributed by atoms with Gasteiger partial charge in [0.05, 0.1) is 6.10 Å².